The predicted molar refractivity (Wildman–Crippen MR) is 355 cm³/mol. The molecule has 4 aliphatic carbocycles. The van der Waals surface area contributed by atoms with E-state index in [1.165, 1.54) is 92.9 Å². The maximum atomic E-state index is 12.1. The van der Waals surface area contributed by atoms with Gasteiger partial charge in [-0.05, 0) is 226 Å². The highest BCUT2D eigenvalue weighted by molar-refractivity contribution is 5.70. The highest BCUT2D eigenvalue weighted by atomic mass is 16.5. The molecule has 476 valence electrons. The molecule has 3 atom stereocenters. The molecule has 9 rings (SSSR count). The number of quaternary nitrogens is 1. The lowest BCUT2D eigenvalue weighted by Gasteiger charge is -2.45. The normalized spacial score (nSPS) is 17.9. The summed E-state index contributed by atoms with van der Waals surface area (Å²) >= 11 is 0. The molecule has 0 saturated heterocycles. The molecule has 86 heavy (non-hydrogen) atoms. The highest BCUT2D eigenvalue weighted by Gasteiger charge is 2.41. The Labute approximate surface area is 518 Å². The SMILES string of the molecule is CN(C)CC(=C1CCCCC1)c1ccc(O)cc1.CN(C)CC(c1ccc(O)cc1)C1CCCCC1.CN(C)CCc1ccc(O)cc1.CNCC(c1ccc(O)cc1)C1(O)CCCCC1.C[N+](C)([O-])CC(c1ccc(O)cc1)C1(O)CCCCC1. The van der Waals surface area contributed by atoms with Crippen LogP contribution in [0.1, 0.15) is 174 Å². The maximum Gasteiger partial charge on any atom is 0.115 e. The fourth-order valence-corrected chi connectivity index (χ4v) is 13.1. The molecule has 13 nitrogen and oxygen atoms in total. The van der Waals surface area contributed by atoms with Gasteiger partial charge < -0.3 is 65.6 Å². The second-order valence-corrected chi connectivity index (χ2v) is 26.4. The number of hydrogen-bond donors (Lipinski definition) is 8. The Balaban J connectivity index is 0.000000198. The molecule has 0 aliphatic heterocycles. The third-order valence-corrected chi connectivity index (χ3v) is 17.8. The van der Waals surface area contributed by atoms with E-state index in [0.717, 1.165) is 107 Å². The van der Waals surface area contributed by atoms with Crippen LogP contribution in [0.5, 0.6) is 28.7 Å². The summed E-state index contributed by atoms with van der Waals surface area (Å²) < 4.78 is -0.423. The zero-order chi connectivity index (χ0) is 62.7. The minimum Gasteiger partial charge on any atom is -0.633 e. The molecular formula is C73H111N5O8. The van der Waals surface area contributed by atoms with Gasteiger partial charge in [0.25, 0.3) is 0 Å². The second-order valence-electron chi connectivity index (χ2n) is 26.4. The van der Waals surface area contributed by atoms with Gasteiger partial charge >= 0.3 is 0 Å². The van der Waals surface area contributed by atoms with Gasteiger partial charge in [-0.25, -0.2) is 0 Å². The molecule has 4 aliphatic rings. The van der Waals surface area contributed by atoms with E-state index in [1.807, 2.05) is 67.7 Å². The van der Waals surface area contributed by atoms with Crippen molar-refractivity contribution < 1.29 is 40.4 Å². The van der Waals surface area contributed by atoms with Gasteiger partial charge in [-0.2, -0.15) is 0 Å². The zero-order valence-electron chi connectivity index (χ0n) is 54.1. The lowest BCUT2D eigenvalue weighted by atomic mass is 9.72. The number of hydrogen-bond acceptors (Lipinski definition) is 12. The first-order valence-corrected chi connectivity index (χ1v) is 32.2. The van der Waals surface area contributed by atoms with Crippen molar-refractivity contribution in [2.24, 2.45) is 5.92 Å². The number of benzene rings is 5. The number of allylic oxidation sites excluding steroid dienone is 1. The van der Waals surface area contributed by atoms with Crippen molar-refractivity contribution in [1.82, 2.24) is 20.0 Å². The minimum atomic E-state index is -0.796. The highest BCUT2D eigenvalue weighted by Crippen LogP contribution is 2.43. The van der Waals surface area contributed by atoms with Crippen molar-refractivity contribution in [3.8, 4) is 28.7 Å². The Bertz CT molecular complexity index is 2640. The molecule has 0 radical (unpaired) electrons. The van der Waals surface area contributed by atoms with Crippen LogP contribution in [0.3, 0.4) is 0 Å². The van der Waals surface area contributed by atoms with E-state index >= 15 is 0 Å². The summed E-state index contributed by atoms with van der Waals surface area (Å²) in [4.78, 5) is 6.66. The van der Waals surface area contributed by atoms with Gasteiger partial charge in [-0.15, -0.1) is 0 Å². The molecule has 0 aromatic heterocycles. The molecule has 0 heterocycles. The van der Waals surface area contributed by atoms with Crippen LogP contribution in [0.25, 0.3) is 5.57 Å². The number of aliphatic hydroxyl groups is 2. The van der Waals surface area contributed by atoms with Gasteiger partial charge in [-0.1, -0.05) is 130 Å². The third-order valence-electron chi connectivity index (χ3n) is 17.8. The number of aromatic hydroxyl groups is 5. The molecular weight excluding hydrogens is 1070 g/mol. The number of phenols is 5. The largest absolute Gasteiger partial charge is 0.633 e. The van der Waals surface area contributed by atoms with Crippen LogP contribution in [0.15, 0.2) is 127 Å². The monoisotopic (exact) mass is 1190 g/mol. The Hall–Kier alpha value is -5.48. The van der Waals surface area contributed by atoms with E-state index in [4.69, 9.17) is 5.11 Å². The van der Waals surface area contributed by atoms with E-state index in [-0.39, 0.29) is 23.3 Å². The number of likely N-dealkylation sites (N-methyl/N-ethyl adjacent to an activating group) is 5. The minimum absolute atomic E-state index is 0.100. The molecule has 4 saturated carbocycles. The fourth-order valence-electron chi connectivity index (χ4n) is 13.1. The summed E-state index contributed by atoms with van der Waals surface area (Å²) in [5.74, 6) is 2.87. The third kappa shape index (κ3) is 25.0. The lowest BCUT2D eigenvalue weighted by Crippen LogP contribution is -2.47. The van der Waals surface area contributed by atoms with Crippen molar-refractivity contribution in [3.05, 3.63) is 160 Å². The number of rotatable bonds is 18. The average Bonchev–Trinajstić information content (AvgIpc) is 2.99. The average molecular weight is 1190 g/mol. The standard InChI is InChI=1S/C16H25NO3.C16H25NO.C16H23NO.C15H23NO2.C10H15NO/c1-17(2,20)12-15(13-6-8-14(18)9-7-13)16(19)10-4-3-5-11-16;2*1-17(2)12-16(13-6-4-3-5-7-13)14-8-10-15(18)11-9-14;1-16-11-14(12-5-7-13(17)8-6-12)15(18)9-3-2-4-10-15;1-11(2)8-7-9-3-5-10(12)6-4-9/h6-9,15,18-19H,3-5,10-12H2,1-2H3;8-11,13,16,18H,3-7,12H2,1-2H3;8-11,18H,3-7,12H2,1-2H3;5-8,14,16-18H,2-4,9-11H2,1H3;3-6,12H,7-8H2,1-2H3. The number of nitrogens with zero attached hydrogens (tertiary/aromatic N) is 4. The molecule has 3 unspecified atom stereocenters. The van der Waals surface area contributed by atoms with Gasteiger partial charge in [0.1, 0.15) is 28.7 Å². The van der Waals surface area contributed by atoms with Crippen LogP contribution in [0.4, 0.5) is 0 Å². The van der Waals surface area contributed by atoms with Crippen molar-refractivity contribution >= 4 is 5.57 Å². The lowest BCUT2D eigenvalue weighted by molar-refractivity contribution is -0.842. The quantitative estimate of drug-likeness (QED) is 0.0307. The van der Waals surface area contributed by atoms with E-state index in [9.17, 15) is 35.8 Å². The maximum absolute atomic E-state index is 12.1. The summed E-state index contributed by atoms with van der Waals surface area (Å²) in [6, 6.07) is 37.0. The zero-order valence-corrected chi connectivity index (χ0v) is 54.1. The molecule has 0 spiro atoms. The van der Waals surface area contributed by atoms with Gasteiger partial charge in [0.15, 0.2) is 0 Å². The van der Waals surface area contributed by atoms with E-state index in [0.29, 0.717) is 29.7 Å². The van der Waals surface area contributed by atoms with Gasteiger partial charge in [0, 0.05) is 32.1 Å². The van der Waals surface area contributed by atoms with Gasteiger partial charge in [0.2, 0.25) is 0 Å². The van der Waals surface area contributed by atoms with E-state index in [1.54, 1.807) is 68.2 Å². The Morgan fingerprint density at radius 1 is 0.512 bits per heavy atom. The van der Waals surface area contributed by atoms with Crippen LogP contribution < -0.4 is 5.32 Å². The Morgan fingerprint density at radius 2 is 0.907 bits per heavy atom. The van der Waals surface area contributed by atoms with Crippen molar-refractivity contribution in [2.75, 3.05) is 96.2 Å². The van der Waals surface area contributed by atoms with Crippen molar-refractivity contribution in [2.45, 2.75) is 164 Å². The summed E-state index contributed by atoms with van der Waals surface area (Å²) in [6.45, 7) is 4.25. The van der Waals surface area contributed by atoms with Gasteiger partial charge in [0.05, 0.1) is 37.8 Å². The summed E-state index contributed by atoms with van der Waals surface area (Å²) in [7, 11) is 17.8. The molecule has 13 heteroatoms. The van der Waals surface area contributed by atoms with Gasteiger partial charge in [-0.3, -0.25) is 0 Å². The smallest absolute Gasteiger partial charge is 0.115 e. The fraction of sp³-hybridized carbons (Fsp3) is 0.562. The van der Waals surface area contributed by atoms with Crippen LogP contribution >= 0.6 is 0 Å². The number of phenolic OH excluding ortho intramolecular Hbond substituents is 5. The van der Waals surface area contributed by atoms with E-state index < -0.39 is 15.8 Å². The predicted octanol–water partition coefficient (Wildman–Crippen LogP) is 13.9. The number of hydroxylamine groups is 3. The molecule has 8 N–H and O–H groups in total. The second kappa shape index (κ2) is 36.1. The van der Waals surface area contributed by atoms with Crippen molar-refractivity contribution in [3.63, 3.8) is 0 Å². The van der Waals surface area contributed by atoms with Crippen LogP contribution in [0.2, 0.25) is 0 Å². The Morgan fingerprint density at radius 3 is 1.33 bits per heavy atom. The van der Waals surface area contributed by atoms with E-state index in [2.05, 4.69) is 74.4 Å². The molecule has 5 aromatic carbocycles. The molecule has 4 fully saturated rings. The first kappa shape index (κ1) is 71.3. The Kier molecular flexibility index (Phi) is 29.9. The summed E-state index contributed by atoms with van der Waals surface area (Å²) in [5, 5.41) is 83.8. The summed E-state index contributed by atoms with van der Waals surface area (Å²) in [5.41, 5.74) is 7.63. The molecule has 0 amide bonds. The topological polar surface area (TPSA) is 186 Å². The number of nitrogens with one attached hydrogen (secondary N) is 1. The van der Waals surface area contributed by atoms with Crippen LogP contribution in [-0.2, 0) is 6.42 Å². The van der Waals surface area contributed by atoms with Crippen LogP contribution in [0, 0.1) is 11.1 Å². The molecule has 0 bridgehead atoms. The summed E-state index contributed by atoms with van der Waals surface area (Å²) in [6.07, 6.45) is 24.3. The molecule has 5 aromatic rings. The van der Waals surface area contributed by atoms with Crippen LogP contribution in [-0.4, -0.2) is 162 Å². The first-order valence-electron chi connectivity index (χ1n) is 32.2. The van der Waals surface area contributed by atoms with Crippen molar-refractivity contribution in [1.29, 1.82) is 0 Å². The first-order chi connectivity index (χ1) is 41.0.